The lowest BCUT2D eigenvalue weighted by molar-refractivity contribution is 0.663. The number of rotatable bonds is 3. The predicted octanol–water partition coefficient (Wildman–Crippen LogP) is 3.46. The van der Waals surface area contributed by atoms with Gasteiger partial charge in [0.1, 0.15) is 0 Å². The molecule has 0 bridgehead atoms. The molecule has 0 radical (unpaired) electrons. The highest BCUT2D eigenvalue weighted by Gasteiger charge is 2.18. The van der Waals surface area contributed by atoms with Crippen LogP contribution >= 0.6 is 24.0 Å². The van der Waals surface area contributed by atoms with Crippen LogP contribution < -0.4 is 11.1 Å². The molecule has 130 valence electrons. The largest absolute Gasteiger partial charge is 0.370 e. The van der Waals surface area contributed by atoms with Crippen LogP contribution in [-0.4, -0.2) is 15.7 Å². The van der Waals surface area contributed by atoms with E-state index < -0.39 is 0 Å². The molecule has 0 amide bonds. The first-order valence-corrected chi connectivity index (χ1v) is 8.22. The average Bonchev–Trinajstić information content (AvgIpc) is 2.79. The zero-order valence-electron chi connectivity index (χ0n) is 14.6. The second kappa shape index (κ2) is 8.00. The van der Waals surface area contributed by atoms with Gasteiger partial charge in [-0.2, -0.15) is 5.10 Å². The molecule has 1 heterocycles. The third-order valence-electron chi connectivity index (χ3n) is 4.34. The molecule has 1 aliphatic carbocycles. The van der Waals surface area contributed by atoms with Crippen molar-refractivity contribution in [3.05, 3.63) is 46.3 Å². The van der Waals surface area contributed by atoms with Crippen LogP contribution in [0.5, 0.6) is 0 Å². The number of anilines is 1. The minimum Gasteiger partial charge on any atom is -0.370 e. The quantitative estimate of drug-likeness (QED) is 0.437. The Bertz CT molecular complexity index is 728. The molecule has 2 aromatic rings. The van der Waals surface area contributed by atoms with Gasteiger partial charge in [-0.1, -0.05) is 6.07 Å². The molecule has 0 unspecified atom stereocenters. The van der Waals surface area contributed by atoms with Crippen LogP contribution in [0.25, 0.3) is 0 Å². The molecule has 1 aromatic carbocycles. The number of aromatic nitrogens is 2. The van der Waals surface area contributed by atoms with E-state index in [1.54, 1.807) is 0 Å². The highest BCUT2D eigenvalue weighted by molar-refractivity contribution is 14.0. The number of nitrogens with zero attached hydrogens (tertiary/aromatic N) is 3. The Morgan fingerprint density at radius 2 is 1.88 bits per heavy atom. The number of aliphatic imine (C=N–C) groups is 1. The number of halogens is 1. The van der Waals surface area contributed by atoms with Gasteiger partial charge in [0.05, 0.1) is 17.9 Å². The molecule has 0 saturated heterocycles. The highest BCUT2D eigenvalue weighted by atomic mass is 127. The third kappa shape index (κ3) is 4.28. The summed E-state index contributed by atoms with van der Waals surface area (Å²) in [6.07, 6.45) is 4.68. The van der Waals surface area contributed by atoms with Crippen LogP contribution in [0.3, 0.4) is 0 Å². The Morgan fingerprint density at radius 3 is 2.58 bits per heavy atom. The number of nitrogens with one attached hydrogen (secondary N) is 1. The lowest BCUT2D eigenvalue weighted by atomic mass is 9.96. The number of guanidine groups is 1. The summed E-state index contributed by atoms with van der Waals surface area (Å²) >= 11 is 0. The monoisotopic (exact) mass is 439 g/mol. The van der Waals surface area contributed by atoms with Gasteiger partial charge < -0.3 is 11.1 Å². The molecule has 0 saturated carbocycles. The highest BCUT2D eigenvalue weighted by Crippen LogP contribution is 2.24. The van der Waals surface area contributed by atoms with E-state index >= 15 is 0 Å². The number of nitrogens with two attached hydrogens (primary N) is 1. The van der Waals surface area contributed by atoms with Gasteiger partial charge in [0, 0.05) is 12.7 Å². The van der Waals surface area contributed by atoms with Crippen LogP contribution in [-0.2, 0) is 26.4 Å². The van der Waals surface area contributed by atoms with E-state index in [2.05, 4.69) is 47.5 Å². The Balaban J connectivity index is 0.00000208. The summed E-state index contributed by atoms with van der Waals surface area (Å²) in [5.74, 6) is 0.445. The summed E-state index contributed by atoms with van der Waals surface area (Å²) in [6.45, 7) is 4.73. The van der Waals surface area contributed by atoms with Crippen molar-refractivity contribution in [1.82, 2.24) is 9.78 Å². The number of fused-ring (bicyclic) bond motifs is 1. The molecule has 0 aliphatic heterocycles. The average molecular weight is 439 g/mol. The maximum absolute atomic E-state index is 6.06. The lowest BCUT2D eigenvalue weighted by Gasteiger charge is -2.11. The molecule has 24 heavy (non-hydrogen) atoms. The van der Waals surface area contributed by atoms with Gasteiger partial charge >= 0.3 is 0 Å². The van der Waals surface area contributed by atoms with E-state index in [1.165, 1.54) is 40.9 Å². The van der Waals surface area contributed by atoms with Crippen molar-refractivity contribution in [2.75, 3.05) is 5.32 Å². The Kier molecular flexibility index (Phi) is 6.26. The van der Waals surface area contributed by atoms with Gasteiger partial charge in [-0.25, -0.2) is 4.99 Å². The summed E-state index contributed by atoms with van der Waals surface area (Å²) in [7, 11) is 2.00. The van der Waals surface area contributed by atoms with Crippen LogP contribution in [0.2, 0.25) is 0 Å². The summed E-state index contributed by atoms with van der Waals surface area (Å²) < 4.78 is 1.96. The molecule has 1 aliphatic rings. The lowest BCUT2D eigenvalue weighted by Crippen LogP contribution is -2.23. The molecular formula is C18H26IN5. The maximum atomic E-state index is 6.06. The van der Waals surface area contributed by atoms with E-state index in [1.807, 2.05) is 11.7 Å². The van der Waals surface area contributed by atoms with Crippen molar-refractivity contribution in [2.24, 2.45) is 17.8 Å². The Labute approximate surface area is 160 Å². The van der Waals surface area contributed by atoms with Gasteiger partial charge in [-0.15, -0.1) is 24.0 Å². The van der Waals surface area contributed by atoms with Crippen molar-refractivity contribution in [1.29, 1.82) is 0 Å². The SMILES string of the molecule is Cc1cc(C)cc(NC(N)=NCc2c3c(nn2C)CCCC3)c1.I. The van der Waals surface area contributed by atoms with Gasteiger partial charge in [0.25, 0.3) is 0 Å². The first kappa shape index (κ1) is 18.8. The summed E-state index contributed by atoms with van der Waals surface area (Å²) in [6, 6.07) is 6.28. The van der Waals surface area contributed by atoms with Crippen LogP contribution in [0, 0.1) is 13.8 Å². The fourth-order valence-electron chi connectivity index (χ4n) is 3.34. The van der Waals surface area contributed by atoms with Crippen LogP contribution in [0.15, 0.2) is 23.2 Å². The van der Waals surface area contributed by atoms with Crippen LogP contribution in [0.1, 0.15) is 40.9 Å². The first-order chi connectivity index (χ1) is 11.0. The van der Waals surface area contributed by atoms with E-state index in [-0.39, 0.29) is 24.0 Å². The molecule has 3 N–H and O–H groups in total. The zero-order valence-corrected chi connectivity index (χ0v) is 16.9. The minimum atomic E-state index is 0. The van der Waals surface area contributed by atoms with Gasteiger partial charge in [-0.3, -0.25) is 4.68 Å². The molecule has 0 spiro atoms. The smallest absolute Gasteiger partial charge is 0.193 e. The number of hydrogen-bond donors (Lipinski definition) is 2. The number of hydrogen-bond acceptors (Lipinski definition) is 2. The minimum absolute atomic E-state index is 0. The third-order valence-corrected chi connectivity index (χ3v) is 4.34. The standard InChI is InChI=1S/C18H25N5.HI/c1-12-8-13(2)10-14(9-12)21-18(19)20-11-17-15-6-4-5-7-16(15)22-23(17)3;/h8-10H,4-7,11H2,1-3H3,(H3,19,20,21);1H. The maximum Gasteiger partial charge on any atom is 0.193 e. The van der Waals surface area contributed by atoms with Crippen molar-refractivity contribution in [3.8, 4) is 0 Å². The van der Waals surface area contributed by atoms with Gasteiger partial charge in [0.15, 0.2) is 5.96 Å². The molecular weight excluding hydrogens is 413 g/mol. The van der Waals surface area contributed by atoms with Crippen molar-refractivity contribution in [2.45, 2.75) is 46.1 Å². The summed E-state index contributed by atoms with van der Waals surface area (Å²) in [5, 5.41) is 7.81. The zero-order chi connectivity index (χ0) is 16.4. The van der Waals surface area contributed by atoms with E-state index in [0.29, 0.717) is 12.5 Å². The number of aryl methyl sites for hydroxylation is 4. The normalized spacial score (nSPS) is 14.0. The molecule has 0 atom stereocenters. The second-order valence-electron chi connectivity index (χ2n) is 6.41. The second-order valence-corrected chi connectivity index (χ2v) is 6.41. The number of benzene rings is 1. The van der Waals surface area contributed by atoms with Crippen molar-refractivity contribution >= 4 is 35.6 Å². The van der Waals surface area contributed by atoms with Crippen LogP contribution in [0.4, 0.5) is 5.69 Å². The predicted molar refractivity (Wildman–Crippen MR) is 110 cm³/mol. The Morgan fingerprint density at radius 1 is 1.21 bits per heavy atom. The van der Waals surface area contributed by atoms with Gasteiger partial charge in [-0.05, 0) is 68.4 Å². The summed E-state index contributed by atoms with van der Waals surface area (Å²) in [5.41, 5.74) is 13.3. The van der Waals surface area contributed by atoms with E-state index in [4.69, 9.17) is 5.73 Å². The topological polar surface area (TPSA) is 68.2 Å². The molecule has 6 heteroatoms. The first-order valence-electron chi connectivity index (χ1n) is 8.22. The van der Waals surface area contributed by atoms with Crippen molar-refractivity contribution in [3.63, 3.8) is 0 Å². The van der Waals surface area contributed by atoms with Crippen molar-refractivity contribution < 1.29 is 0 Å². The van der Waals surface area contributed by atoms with E-state index in [0.717, 1.165) is 18.5 Å². The van der Waals surface area contributed by atoms with Gasteiger partial charge in [0.2, 0.25) is 0 Å². The molecule has 0 fully saturated rings. The van der Waals surface area contributed by atoms with E-state index in [9.17, 15) is 0 Å². The Hall–Kier alpha value is -1.57. The molecule has 3 rings (SSSR count). The molecule has 1 aromatic heterocycles. The fourth-order valence-corrected chi connectivity index (χ4v) is 3.34. The summed E-state index contributed by atoms with van der Waals surface area (Å²) in [4.78, 5) is 4.51. The molecule has 5 nitrogen and oxygen atoms in total. The fraction of sp³-hybridized carbons (Fsp3) is 0.444.